The van der Waals surface area contributed by atoms with Crippen LogP contribution in [0.4, 0.5) is 0 Å². The van der Waals surface area contributed by atoms with Crippen LogP contribution in [0.1, 0.15) is 81.6 Å². The first-order chi connectivity index (χ1) is 11.1. The zero-order chi connectivity index (χ0) is 18.6. The van der Waals surface area contributed by atoms with Crippen LogP contribution in [-0.4, -0.2) is 0 Å². The molecule has 0 heteroatoms. The minimum absolute atomic E-state index is 0.628. The molecule has 0 aromatic carbocycles. The van der Waals surface area contributed by atoms with E-state index in [0.29, 0.717) is 5.92 Å². The summed E-state index contributed by atoms with van der Waals surface area (Å²) in [5.74, 6) is 8.20. The van der Waals surface area contributed by atoms with Crippen LogP contribution in [0.2, 0.25) is 0 Å². The SMILES string of the molecule is C=CC(C)C(CC1CC(CC)C(C)C(C)C1C)C(C)C(C)C(C)C. The van der Waals surface area contributed by atoms with Gasteiger partial charge in [0.25, 0.3) is 0 Å². The minimum Gasteiger partial charge on any atom is -0.103 e. The highest BCUT2D eigenvalue weighted by Gasteiger charge is 2.39. The Morgan fingerprint density at radius 3 is 1.88 bits per heavy atom. The number of hydrogen-bond donors (Lipinski definition) is 0. The summed E-state index contributed by atoms with van der Waals surface area (Å²) in [5.41, 5.74) is 0. The van der Waals surface area contributed by atoms with Gasteiger partial charge in [0.1, 0.15) is 0 Å². The second-order valence-electron chi connectivity index (χ2n) is 9.70. The van der Waals surface area contributed by atoms with Gasteiger partial charge in [-0.3, -0.25) is 0 Å². The van der Waals surface area contributed by atoms with E-state index in [1.165, 1.54) is 19.3 Å². The van der Waals surface area contributed by atoms with E-state index >= 15 is 0 Å². The Hall–Kier alpha value is -0.260. The van der Waals surface area contributed by atoms with Crippen molar-refractivity contribution in [1.29, 1.82) is 0 Å². The monoisotopic (exact) mass is 334 g/mol. The molecule has 1 saturated carbocycles. The summed E-state index contributed by atoms with van der Waals surface area (Å²) in [7, 11) is 0. The molecule has 9 atom stereocenters. The fourth-order valence-corrected chi connectivity index (χ4v) is 5.43. The summed E-state index contributed by atoms with van der Waals surface area (Å²) in [6.45, 7) is 26.2. The van der Waals surface area contributed by atoms with E-state index in [-0.39, 0.29) is 0 Å². The molecule has 0 spiro atoms. The van der Waals surface area contributed by atoms with E-state index in [1.807, 2.05) is 0 Å². The normalized spacial score (nSPS) is 36.2. The van der Waals surface area contributed by atoms with Crippen LogP contribution >= 0.6 is 0 Å². The highest BCUT2D eigenvalue weighted by Crippen LogP contribution is 2.47. The van der Waals surface area contributed by atoms with Gasteiger partial charge >= 0.3 is 0 Å². The lowest BCUT2D eigenvalue weighted by Crippen LogP contribution is -2.38. The Labute approximate surface area is 153 Å². The van der Waals surface area contributed by atoms with Crippen molar-refractivity contribution in [3.05, 3.63) is 12.7 Å². The molecule has 0 aromatic rings. The molecule has 0 N–H and O–H groups in total. The van der Waals surface area contributed by atoms with Crippen molar-refractivity contribution in [2.45, 2.75) is 81.6 Å². The second kappa shape index (κ2) is 9.44. The minimum atomic E-state index is 0.628. The van der Waals surface area contributed by atoms with Crippen molar-refractivity contribution in [2.75, 3.05) is 0 Å². The molecule has 0 aliphatic heterocycles. The van der Waals surface area contributed by atoms with Crippen molar-refractivity contribution in [3.8, 4) is 0 Å². The van der Waals surface area contributed by atoms with Gasteiger partial charge in [-0.1, -0.05) is 74.8 Å². The number of allylic oxidation sites excluding steroid dienone is 1. The van der Waals surface area contributed by atoms with E-state index in [1.54, 1.807) is 0 Å². The average molecular weight is 335 g/mol. The average Bonchev–Trinajstić information content (AvgIpc) is 2.57. The third-order valence-corrected chi connectivity index (χ3v) is 8.45. The first-order valence-corrected chi connectivity index (χ1v) is 10.8. The van der Waals surface area contributed by atoms with Crippen LogP contribution in [0.15, 0.2) is 12.7 Å². The first kappa shape index (κ1) is 21.8. The summed E-state index contributed by atoms with van der Waals surface area (Å²) < 4.78 is 0. The number of hydrogen-bond acceptors (Lipinski definition) is 0. The highest BCUT2D eigenvalue weighted by molar-refractivity contribution is 4.92. The van der Waals surface area contributed by atoms with Crippen LogP contribution < -0.4 is 0 Å². The van der Waals surface area contributed by atoms with Gasteiger partial charge in [0.2, 0.25) is 0 Å². The number of rotatable bonds is 8. The summed E-state index contributed by atoms with van der Waals surface area (Å²) >= 11 is 0. The molecule has 1 aliphatic rings. The van der Waals surface area contributed by atoms with E-state index in [4.69, 9.17) is 0 Å². The molecule has 9 unspecified atom stereocenters. The van der Waals surface area contributed by atoms with Crippen molar-refractivity contribution >= 4 is 0 Å². The van der Waals surface area contributed by atoms with Gasteiger partial charge in [0, 0.05) is 0 Å². The maximum atomic E-state index is 4.14. The van der Waals surface area contributed by atoms with Gasteiger partial charge in [0.05, 0.1) is 0 Å². The zero-order valence-corrected chi connectivity index (χ0v) is 18.2. The quantitative estimate of drug-likeness (QED) is 0.399. The van der Waals surface area contributed by atoms with Gasteiger partial charge in [-0.25, -0.2) is 0 Å². The third kappa shape index (κ3) is 4.89. The van der Waals surface area contributed by atoms with E-state index < -0.39 is 0 Å². The lowest BCUT2D eigenvalue weighted by molar-refractivity contribution is 0.0340. The fraction of sp³-hybridized carbons (Fsp3) is 0.917. The molecule has 0 nitrogen and oxygen atoms in total. The Bertz CT molecular complexity index is 366. The van der Waals surface area contributed by atoms with E-state index in [2.05, 4.69) is 75.0 Å². The van der Waals surface area contributed by atoms with Crippen LogP contribution in [-0.2, 0) is 0 Å². The summed E-state index contributed by atoms with van der Waals surface area (Å²) in [5, 5.41) is 0. The highest BCUT2D eigenvalue weighted by atomic mass is 14.4. The smallest absolute Gasteiger partial charge is 0.0234 e. The van der Waals surface area contributed by atoms with Crippen molar-refractivity contribution < 1.29 is 0 Å². The largest absolute Gasteiger partial charge is 0.103 e. The molecule has 0 bridgehead atoms. The second-order valence-corrected chi connectivity index (χ2v) is 9.70. The Balaban J connectivity index is 2.94. The molecule has 0 aromatic heterocycles. The third-order valence-electron chi connectivity index (χ3n) is 8.45. The zero-order valence-electron chi connectivity index (χ0n) is 18.2. The topological polar surface area (TPSA) is 0 Å². The van der Waals surface area contributed by atoms with Crippen molar-refractivity contribution in [3.63, 3.8) is 0 Å². The molecular weight excluding hydrogens is 288 g/mol. The Morgan fingerprint density at radius 2 is 1.42 bits per heavy atom. The van der Waals surface area contributed by atoms with Gasteiger partial charge in [-0.15, -0.1) is 6.58 Å². The summed E-state index contributed by atoms with van der Waals surface area (Å²) in [6.07, 6.45) is 6.42. The lowest BCUT2D eigenvalue weighted by atomic mass is 9.59. The molecule has 0 saturated heterocycles. The van der Waals surface area contributed by atoms with Crippen molar-refractivity contribution in [2.24, 2.45) is 59.2 Å². The molecule has 0 radical (unpaired) electrons. The molecule has 1 rings (SSSR count). The molecule has 1 aliphatic carbocycles. The standard InChI is InChI=1S/C24H46/c1-11-16(5)24(21(10)17(6)15(3)4)14-23-13-22(12-2)19(8)18(7)20(23)9/h11,15-24H,1,12-14H2,2-10H3. The van der Waals surface area contributed by atoms with E-state index in [9.17, 15) is 0 Å². The maximum Gasteiger partial charge on any atom is -0.0234 e. The molecule has 24 heavy (non-hydrogen) atoms. The van der Waals surface area contributed by atoms with E-state index in [0.717, 1.165) is 53.3 Å². The Kier molecular flexibility index (Phi) is 8.57. The molecule has 0 amide bonds. The van der Waals surface area contributed by atoms with Crippen molar-refractivity contribution in [1.82, 2.24) is 0 Å². The molecule has 0 heterocycles. The summed E-state index contributed by atoms with van der Waals surface area (Å²) in [4.78, 5) is 0. The maximum absolute atomic E-state index is 4.14. The molecular formula is C24H46. The Morgan fingerprint density at radius 1 is 0.875 bits per heavy atom. The molecule has 1 fully saturated rings. The predicted molar refractivity (Wildman–Crippen MR) is 110 cm³/mol. The van der Waals surface area contributed by atoms with Gasteiger partial charge in [0.15, 0.2) is 0 Å². The summed E-state index contributed by atoms with van der Waals surface area (Å²) in [6, 6.07) is 0. The van der Waals surface area contributed by atoms with Gasteiger partial charge < -0.3 is 0 Å². The predicted octanol–water partition coefficient (Wildman–Crippen LogP) is 7.70. The van der Waals surface area contributed by atoms with Crippen LogP contribution in [0, 0.1) is 59.2 Å². The molecule has 142 valence electrons. The lowest BCUT2D eigenvalue weighted by Gasteiger charge is -2.46. The first-order valence-electron chi connectivity index (χ1n) is 10.8. The van der Waals surface area contributed by atoms with Crippen LogP contribution in [0.3, 0.4) is 0 Å². The fourth-order valence-electron chi connectivity index (χ4n) is 5.43. The van der Waals surface area contributed by atoms with Gasteiger partial charge in [-0.05, 0) is 72.0 Å². The van der Waals surface area contributed by atoms with Crippen LogP contribution in [0.5, 0.6) is 0 Å². The van der Waals surface area contributed by atoms with Crippen LogP contribution in [0.25, 0.3) is 0 Å². The van der Waals surface area contributed by atoms with Gasteiger partial charge in [-0.2, -0.15) is 0 Å².